The van der Waals surface area contributed by atoms with Crippen LogP contribution >= 0.6 is 0 Å². The normalized spacial score (nSPS) is 29.5. The number of anilines is 1. The van der Waals surface area contributed by atoms with Crippen molar-refractivity contribution in [2.24, 2.45) is 0 Å². The first kappa shape index (κ1) is 28.8. The number of piperazine rings is 1. The zero-order valence-corrected chi connectivity index (χ0v) is 25.9. The van der Waals surface area contributed by atoms with Crippen LogP contribution in [-0.2, 0) is 0 Å². The van der Waals surface area contributed by atoms with E-state index in [1.807, 2.05) is 6.92 Å². The third kappa shape index (κ3) is 4.14. The van der Waals surface area contributed by atoms with Gasteiger partial charge in [0.1, 0.15) is 47.1 Å². The van der Waals surface area contributed by atoms with Crippen LogP contribution in [0.15, 0.2) is 42.5 Å². The quantitative estimate of drug-likeness (QED) is 0.238. The number of benzene rings is 2. The first-order valence-corrected chi connectivity index (χ1v) is 16.2. The van der Waals surface area contributed by atoms with E-state index in [2.05, 4.69) is 32.6 Å². The predicted molar refractivity (Wildman–Crippen MR) is 172 cm³/mol. The zero-order chi connectivity index (χ0) is 32.2. The number of ether oxygens (including phenoxy) is 2. The number of fused-ring (bicyclic) bond motifs is 7. The molecule has 0 radical (unpaired) electrons. The average Bonchev–Trinajstić information content (AvgIpc) is 3.68. The van der Waals surface area contributed by atoms with Crippen molar-refractivity contribution in [2.75, 3.05) is 31.1 Å². The molecule has 9 rings (SSSR count). The number of nitrogens with one attached hydrogen (secondary N) is 1. The fourth-order valence-electron chi connectivity index (χ4n) is 8.81. The molecule has 5 aliphatic heterocycles. The predicted octanol–water partition coefficient (Wildman–Crippen LogP) is 5.32. The van der Waals surface area contributed by atoms with Crippen LogP contribution < -0.4 is 19.7 Å². The molecule has 7 heterocycles. The highest BCUT2D eigenvalue weighted by Crippen LogP contribution is 2.46. The Labute approximate surface area is 270 Å². The van der Waals surface area contributed by atoms with Crippen LogP contribution in [0.1, 0.15) is 38.2 Å². The van der Waals surface area contributed by atoms with E-state index < -0.39 is 23.3 Å². The highest BCUT2D eigenvalue weighted by molar-refractivity contribution is 6.03. The van der Waals surface area contributed by atoms with Crippen LogP contribution in [-0.4, -0.2) is 82.0 Å². The van der Waals surface area contributed by atoms with E-state index in [9.17, 15) is 8.78 Å². The van der Waals surface area contributed by atoms with Crippen molar-refractivity contribution in [1.82, 2.24) is 25.2 Å². The van der Waals surface area contributed by atoms with Crippen molar-refractivity contribution in [2.45, 2.75) is 68.5 Å². The number of aromatic nitrogens is 3. The van der Waals surface area contributed by atoms with Gasteiger partial charge < -0.3 is 19.7 Å². The Morgan fingerprint density at radius 2 is 2.02 bits per heavy atom. The molecule has 0 amide bonds. The van der Waals surface area contributed by atoms with E-state index >= 15 is 4.39 Å². The fraction of sp³-hybridized carbons (Fsp3) is 0.417. The summed E-state index contributed by atoms with van der Waals surface area (Å²) in [5, 5.41) is 5.08. The summed E-state index contributed by atoms with van der Waals surface area (Å²) in [5.74, 6) is 1.82. The Morgan fingerprint density at radius 1 is 1.15 bits per heavy atom. The number of pyridine rings is 1. The maximum Gasteiger partial charge on any atom is 0.319 e. The summed E-state index contributed by atoms with van der Waals surface area (Å²) in [4.78, 5) is 18.6. The van der Waals surface area contributed by atoms with E-state index in [0.29, 0.717) is 47.2 Å². The number of rotatable bonds is 4. The summed E-state index contributed by atoms with van der Waals surface area (Å²) in [6.45, 7) is 8.03. The monoisotopic (exact) mass is 638 g/mol. The molecule has 240 valence electrons. The molecule has 4 unspecified atom stereocenters. The molecule has 0 aliphatic carbocycles. The van der Waals surface area contributed by atoms with Crippen LogP contribution in [0.5, 0.6) is 11.9 Å². The highest BCUT2D eigenvalue weighted by atomic mass is 19.1. The number of hydrogen-bond acceptors (Lipinski definition) is 8. The number of hydrogen-bond donors (Lipinski definition) is 1. The molecule has 2 aromatic heterocycles. The molecular formula is C36H33F3N6O2. The Bertz CT molecular complexity index is 2050. The molecule has 2 aromatic carbocycles. The molecule has 6 atom stereocenters. The SMILES string of the molecule is C#Cc1c(F)ccc2cccc(-c3nc4c5c(nc(OC[C@@]67C[C@@H](F)CN6CCC7=C)nc5c3F)N3CC5CCC(N5)C3C(C)O4)c12. The summed E-state index contributed by atoms with van der Waals surface area (Å²) in [6, 6.07) is 8.41. The Kier molecular flexibility index (Phi) is 6.31. The molecule has 1 N–H and O–H groups in total. The van der Waals surface area contributed by atoms with Crippen molar-refractivity contribution in [3.63, 3.8) is 0 Å². The van der Waals surface area contributed by atoms with Gasteiger partial charge in [-0.3, -0.25) is 4.90 Å². The second kappa shape index (κ2) is 10.3. The van der Waals surface area contributed by atoms with Gasteiger partial charge in [0.05, 0.1) is 17.1 Å². The first-order chi connectivity index (χ1) is 22.8. The van der Waals surface area contributed by atoms with E-state index in [-0.39, 0.29) is 65.9 Å². The van der Waals surface area contributed by atoms with Gasteiger partial charge in [0.2, 0.25) is 5.88 Å². The van der Waals surface area contributed by atoms with Crippen LogP contribution in [0.2, 0.25) is 0 Å². The molecule has 4 saturated heterocycles. The summed E-state index contributed by atoms with van der Waals surface area (Å²) in [6.07, 6.45) is 7.47. The number of nitrogens with zero attached hydrogens (tertiary/aromatic N) is 5. The molecule has 0 spiro atoms. The van der Waals surface area contributed by atoms with Crippen molar-refractivity contribution >= 4 is 27.5 Å². The summed E-state index contributed by atoms with van der Waals surface area (Å²) in [7, 11) is 0. The molecule has 4 aromatic rings. The lowest BCUT2D eigenvalue weighted by Gasteiger charge is -2.42. The van der Waals surface area contributed by atoms with Gasteiger partial charge in [0, 0.05) is 49.1 Å². The standard InChI is InChI=1S/C36H33F3N6O2/c1-4-23-25(38)10-8-20-6-5-7-24(27(20)23)30-29(39)31-28-33(45-16-22-9-11-26(40-22)32(45)19(3)47-34(28)41-30)43-35(42-31)46-17-36-14-21(37)15-44(36)13-12-18(36)2/h1,5-8,10,19,21-22,26,32,40H,2,9,11-17H2,3H3/t19?,21-,22?,26?,32?,36-/m1/s1. The van der Waals surface area contributed by atoms with Crippen molar-refractivity contribution < 1.29 is 22.6 Å². The topological polar surface area (TPSA) is 75.6 Å². The molecule has 5 aliphatic rings. The molecule has 2 bridgehead atoms. The van der Waals surface area contributed by atoms with Gasteiger partial charge in [-0.2, -0.15) is 9.97 Å². The third-order valence-corrected chi connectivity index (χ3v) is 11.0. The van der Waals surface area contributed by atoms with Crippen LogP contribution in [0.3, 0.4) is 0 Å². The third-order valence-electron chi connectivity index (χ3n) is 11.0. The average molecular weight is 639 g/mol. The summed E-state index contributed by atoms with van der Waals surface area (Å²) in [5.41, 5.74) is 0.524. The van der Waals surface area contributed by atoms with Crippen LogP contribution in [0.4, 0.5) is 19.0 Å². The second-order valence-electron chi connectivity index (χ2n) is 13.5. The number of alkyl halides is 1. The summed E-state index contributed by atoms with van der Waals surface area (Å²) < 4.78 is 59.6. The van der Waals surface area contributed by atoms with Crippen molar-refractivity contribution in [3.8, 4) is 35.5 Å². The maximum atomic E-state index is 17.1. The minimum atomic E-state index is -0.986. The maximum absolute atomic E-state index is 17.1. The van der Waals surface area contributed by atoms with E-state index in [4.69, 9.17) is 25.9 Å². The first-order valence-electron chi connectivity index (χ1n) is 16.2. The van der Waals surface area contributed by atoms with Gasteiger partial charge in [-0.25, -0.2) is 18.2 Å². The second-order valence-corrected chi connectivity index (χ2v) is 13.5. The van der Waals surface area contributed by atoms with E-state index in [1.165, 1.54) is 6.07 Å². The van der Waals surface area contributed by atoms with Gasteiger partial charge in [0.15, 0.2) is 5.82 Å². The number of halogens is 3. The minimum absolute atomic E-state index is 0.0155. The number of terminal acetylenes is 1. The molecule has 47 heavy (non-hydrogen) atoms. The highest BCUT2D eigenvalue weighted by Gasteiger charge is 2.52. The lowest BCUT2D eigenvalue weighted by atomic mass is 9.90. The molecule has 11 heteroatoms. The lowest BCUT2D eigenvalue weighted by Crippen LogP contribution is -2.62. The minimum Gasteiger partial charge on any atom is -0.472 e. The molecule has 0 saturated carbocycles. The van der Waals surface area contributed by atoms with Gasteiger partial charge in [-0.1, -0.05) is 42.3 Å². The molecule has 4 fully saturated rings. The van der Waals surface area contributed by atoms with Gasteiger partial charge in [0.25, 0.3) is 0 Å². The van der Waals surface area contributed by atoms with E-state index in [0.717, 1.165) is 24.8 Å². The fourth-order valence-corrected chi connectivity index (χ4v) is 8.81. The van der Waals surface area contributed by atoms with Crippen molar-refractivity contribution in [3.05, 3.63) is 59.7 Å². The Hall–Kier alpha value is -4.40. The smallest absolute Gasteiger partial charge is 0.319 e. The van der Waals surface area contributed by atoms with Crippen LogP contribution in [0, 0.1) is 24.0 Å². The Morgan fingerprint density at radius 3 is 2.87 bits per heavy atom. The van der Waals surface area contributed by atoms with Crippen LogP contribution in [0.25, 0.3) is 32.9 Å². The summed E-state index contributed by atoms with van der Waals surface area (Å²) >= 11 is 0. The largest absolute Gasteiger partial charge is 0.472 e. The zero-order valence-electron chi connectivity index (χ0n) is 25.9. The lowest BCUT2D eigenvalue weighted by molar-refractivity contribution is 0.130. The molecule has 8 nitrogen and oxygen atoms in total. The van der Waals surface area contributed by atoms with Gasteiger partial charge in [-0.05, 0) is 37.6 Å². The van der Waals surface area contributed by atoms with Crippen molar-refractivity contribution in [1.29, 1.82) is 0 Å². The van der Waals surface area contributed by atoms with Gasteiger partial charge >= 0.3 is 6.01 Å². The Balaban J connectivity index is 1.25. The molecular weight excluding hydrogens is 605 g/mol. The van der Waals surface area contributed by atoms with Gasteiger partial charge in [-0.15, -0.1) is 6.42 Å². The van der Waals surface area contributed by atoms with E-state index in [1.54, 1.807) is 24.3 Å².